The minimum Gasteiger partial charge on any atom is -0.493 e. The number of benzene rings is 1. The van der Waals surface area contributed by atoms with Gasteiger partial charge in [-0.3, -0.25) is 4.79 Å². The summed E-state index contributed by atoms with van der Waals surface area (Å²) in [6, 6.07) is 3.14. The van der Waals surface area contributed by atoms with Crippen LogP contribution in [0.5, 0.6) is 11.5 Å². The van der Waals surface area contributed by atoms with Crippen molar-refractivity contribution in [2.45, 2.75) is 19.9 Å². The fraction of sp³-hybridized carbons (Fsp3) is 0.357. The summed E-state index contributed by atoms with van der Waals surface area (Å²) in [6.07, 6.45) is 2.30. The van der Waals surface area contributed by atoms with E-state index in [4.69, 9.17) is 21.1 Å². The minimum absolute atomic E-state index is 0.212. The van der Waals surface area contributed by atoms with Crippen LogP contribution >= 0.6 is 11.6 Å². The van der Waals surface area contributed by atoms with E-state index in [1.54, 1.807) is 16.8 Å². The molecule has 0 spiro atoms. The van der Waals surface area contributed by atoms with Crippen LogP contribution in [0.15, 0.2) is 18.3 Å². The molecule has 0 N–H and O–H groups in total. The van der Waals surface area contributed by atoms with Crippen LogP contribution < -0.4 is 9.47 Å². The Labute approximate surface area is 127 Å². The van der Waals surface area contributed by atoms with Gasteiger partial charge in [0.1, 0.15) is 5.69 Å². The number of nitrogens with zero attached hydrogens (tertiary/aromatic N) is 3. The van der Waals surface area contributed by atoms with Crippen molar-refractivity contribution in [2.24, 2.45) is 0 Å². The number of rotatable bonds is 6. The van der Waals surface area contributed by atoms with Gasteiger partial charge in [0, 0.05) is 12.1 Å². The molecule has 0 saturated carbocycles. The number of halogens is 1. The number of hydrogen-bond acceptors (Lipinski definition) is 5. The van der Waals surface area contributed by atoms with E-state index in [2.05, 4.69) is 10.3 Å². The Morgan fingerprint density at radius 1 is 1.33 bits per heavy atom. The minimum atomic E-state index is -0.212. The van der Waals surface area contributed by atoms with Gasteiger partial charge in [-0.1, -0.05) is 23.7 Å². The zero-order valence-electron chi connectivity index (χ0n) is 12.1. The second kappa shape index (κ2) is 6.58. The molecule has 2 aromatic rings. The summed E-state index contributed by atoms with van der Waals surface area (Å²) < 4.78 is 11.9. The van der Waals surface area contributed by atoms with Gasteiger partial charge < -0.3 is 9.47 Å². The molecule has 21 heavy (non-hydrogen) atoms. The van der Waals surface area contributed by atoms with Crippen molar-refractivity contribution in [2.75, 3.05) is 14.2 Å². The van der Waals surface area contributed by atoms with E-state index in [1.165, 1.54) is 20.4 Å². The number of carbonyl (C=O) groups excluding carboxylic acids is 1. The second-order valence-corrected chi connectivity index (χ2v) is 4.77. The zero-order chi connectivity index (χ0) is 15.4. The summed E-state index contributed by atoms with van der Waals surface area (Å²) in [7, 11) is 2.98. The Kier molecular flexibility index (Phi) is 4.80. The predicted octanol–water partition coefficient (Wildman–Crippen LogP) is 2.59. The van der Waals surface area contributed by atoms with Crippen molar-refractivity contribution >= 4 is 17.4 Å². The number of aryl methyl sites for hydroxylation is 1. The molecule has 1 aromatic carbocycles. The van der Waals surface area contributed by atoms with Crippen molar-refractivity contribution in [1.29, 1.82) is 0 Å². The molecule has 0 fully saturated rings. The standard InChI is InChI=1S/C14H16ClN3O3/c1-4-5-18-11(8-16-17-18)13(19)9-6-10(15)14(21-3)12(7-9)20-2/h6-8H,4-5H2,1-3H3. The van der Waals surface area contributed by atoms with Crippen molar-refractivity contribution in [1.82, 2.24) is 15.0 Å². The zero-order valence-corrected chi connectivity index (χ0v) is 12.8. The molecule has 6 nitrogen and oxygen atoms in total. The number of carbonyl (C=O) groups is 1. The third kappa shape index (κ3) is 3.00. The average molecular weight is 310 g/mol. The van der Waals surface area contributed by atoms with Crippen molar-refractivity contribution in [3.8, 4) is 11.5 Å². The number of ketones is 1. The maximum Gasteiger partial charge on any atom is 0.212 e. The number of ether oxygens (including phenoxy) is 2. The molecule has 0 unspecified atom stereocenters. The maximum absolute atomic E-state index is 12.6. The van der Waals surface area contributed by atoms with Gasteiger partial charge in [0.15, 0.2) is 11.5 Å². The fourth-order valence-electron chi connectivity index (χ4n) is 2.01. The molecular formula is C14H16ClN3O3. The lowest BCUT2D eigenvalue weighted by Crippen LogP contribution is -2.12. The molecule has 0 aliphatic rings. The molecule has 7 heteroatoms. The predicted molar refractivity (Wildman–Crippen MR) is 78.3 cm³/mol. The summed E-state index contributed by atoms with van der Waals surface area (Å²) >= 11 is 6.12. The molecular weight excluding hydrogens is 294 g/mol. The summed E-state index contributed by atoms with van der Waals surface area (Å²) in [5.74, 6) is 0.593. The second-order valence-electron chi connectivity index (χ2n) is 4.37. The van der Waals surface area contributed by atoms with E-state index in [0.717, 1.165) is 6.42 Å². The Morgan fingerprint density at radius 3 is 2.71 bits per heavy atom. The van der Waals surface area contributed by atoms with E-state index in [-0.39, 0.29) is 5.78 Å². The molecule has 112 valence electrons. The lowest BCUT2D eigenvalue weighted by Gasteiger charge is -2.11. The fourth-order valence-corrected chi connectivity index (χ4v) is 2.30. The molecule has 1 aromatic heterocycles. The molecule has 0 saturated heterocycles. The largest absolute Gasteiger partial charge is 0.493 e. The number of aromatic nitrogens is 3. The molecule has 0 atom stereocenters. The van der Waals surface area contributed by atoms with Gasteiger partial charge >= 0.3 is 0 Å². The van der Waals surface area contributed by atoms with Crippen LogP contribution in [0.25, 0.3) is 0 Å². The van der Waals surface area contributed by atoms with Crippen LogP contribution in [0.2, 0.25) is 5.02 Å². The first-order valence-corrected chi connectivity index (χ1v) is 6.84. The Balaban J connectivity index is 2.44. The van der Waals surface area contributed by atoms with Crippen molar-refractivity contribution in [3.63, 3.8) is 0 Å². The highest BCUT2D eigenvalue weighted by Gasteiger charge is 2.19. The lowest BCUT2D eigenvalue weighted by atomic mass is 10.1. The smallest absolute Gasteiger partial charge is 0.212 e. The molecule has 0 amide bonds. The number of methoxy groups -OCH3 is 2. The number of hydrogen-bond donors (Lipinski definition) is 0. The van der Waals surface area contributed by atoms with Gasteiger partial charge in [0.25, 0.3) is 0 Å². The Bertz CT molecular complexity index is 655. The third-order valence-corrected chi connectivity index (χ3v) is 3.26. The van der Waals surface area contributed by atoms with E-state index in [0.29, 0.717) is 34.3 Å². The SMILES string of the molecule is CCCn1nncc1C(=O)c1cc(Cl)c(OC)c(OC)c1. The first-order chi connectivity index (χ1) is 10.1. The van der Waals surface area contributed by atoms with Crippen LogP contribution in [0.4, 0.5) is 0 Å². The Hall–Kier alpha value is -2.08. The van der Waals surface area contributed by atoms with Gasteiger partial charge in [-0.25, -0.2) is 4.68 Å². The van der Waals surface area contributed by atoms with Crippen LogP contribution in [-0.2, 0) is 6.54 Å². The Morgan fingerprint density at radius 2 is 2.10 bits per heavy atom. The summed E-state index contributed by atoms with van der Waals surface area (Å²) in [4.78, 5) is 12.6. The first kappa shape index (κ1) is 15.3. The molecule has 2 rings (SSSR count). The highest BCUT2D eigenvalue weighted by Crippen LogP contribution is 2.36. The van der Waals surface area contributed by atoms with Crippen LogP contribution in [0.1, 0.15) is 29.4 Å². The third-order valence-electron chi connectivity index (χ3n) is 2.98. The molecule has 0 radical (unpaired) electrons. The first-order valence-electron chi connectivity index (χ1n) is 6.47. The van der Waals surface area contributed by atoms with Gasteiger partial charge in [0.2, 0.25) is 5.78 Å². The van der Waals surface area contributed by atoms with Crippen molar-refractivity contribution < 1.29 is 14.3 Å². The van der Waals surface area contributed by atoms with E-state index in [9.17, 15) is 4.79 Å². The van der Waals surface area contributed by atoms with E-state index >= 15 is 0 Å². The monoisotopic (exact) mass is 309 g/mol. The highest BCUT2D eigenvalue weighted by atomic mass is 35.5. The van der Waals surface area contributed by atoms with Crippen molar-refractivity contribution in [3.05, 3.63) is 34.6 Å². The molecule has 0 aliphatic heterocycles. The normalized spacial score (nSPS) is 10.5. The van der Waals surface area contributed by atoms with Gasteiger partial charge in [-0.2, -0.15) is 0 Å². The average Bonchev–Trinajstić information content (AvgIpc) is 2.94. The molecule has 0 aliphatic carbocycles. The maximum atomic E-state index is 12.6. The van der Waals surface area contributed by atoms with Gasteiger partial charge in [0.05, 0.1) is 25.4 Å². The summed E-state index contributed by atoms with van der Waals surface area (Å²) in [5, 5.41) is 8.01. The quantitative estimate of drug-likeness (QED) is 0.767. The van der Waals surface area contributed by atoms with E-state index in [1.807, 2.05) is 6.92 Å². The highest BCUT2D eigenvalue weighted by molar-refractivity contribution is 6.33. The van der Waals surface area contributed by atoms with Gasteiger partial charge in [-0.15, -0.1) is 5.10 Å². The molecule has 1 heterocycles. The summed E-state index contributed by atoms with van der Waals surface area (Å²) in [6.45, 7) is 2.63. The lowest BCUT2D eigenvalue weighted by molar-refractivity contribution is 0.102. The van der Waals surface area contributed by atoms with E-state index < -0.39 is 0 Å². The summed E-state index contributed by atoms with van der Waals surface area (Å²) in [5.41, 5.74) is 0.817. The van der Waals surface area contributed by atoms with Crippen LogP contribution in [0, 0.1) is 0 Å². The van der Waals surface area contributed by atoms with Gasteiger partial charge in [-0.05, 0) is 18.6 Å². The molecule has 0 bridgehead atoms. The van der Waals surface area contributed by atoms with Crippen LogP contribution in [-0.4, -0.2) is 35.0 Å². The van der Waals surface area contributed by atoms with Crippen LogP contribution in [0.3, 0.4) is 0 Å². The topological polar surface area (TPSA) is 66.2 Å².